The van der Waals surface area contributed by atoms with Gasteiger partial charge in [0.05, 0.1) is 6.61 Å². The summed E-state index contributed by atoms with van der Waals surface area (Å²) in [6.45, 7) is 5.56. The summed E-state index contributed by atoms with van der Waals surface area (Å²) in [6, 6.07) is 2.18. The molecule has 18 heavy (non-hydrogen) atoms. The highest BCUT2D eigenvalue weighted by Gasteiger charge is 2.29. The van der Waals surface area contributed by atoms with Crippen molar-refractivity contribution in [1.82, 2.24) is 10.2 Å². The van der Waals surface area contributed by atoms with Crippen molar-refractivity contribution in [2.24, 2.45) is 0 Å². The summed E-state index contributed by atoms with van der Waals surface area (Å²) in [5.41, 5.74) is 0. The Bertz CT molecular complexity index is 229. The predicted octanol–water partition coefficient (Wildman–Crippen LogP) is 2.41. The van der Waals surface area contributed by atoms with Crippen LogP contribution in [0.4, 0.5) is 0 Å². The molecule has 1 saturated heterocycles. The van der Waals surface area contributed by atoms with Gasteiger partial charge >= 0.3 is 0 Å². The summed E-state index contributed by atoms with van der Waals surface area (Å²) in [6.07, 6.45) is 9.56. The topological polar surface area (TPSA) is 24.5 Å². The Morgan fingerprint density at radius 3 is 2.78 bits per heavy atom. The highest BCUT2D eigenvalue weighted by atomic mass is 16.5. The van der Waals surface area contributed by atoms with Gasteiger partial charge in [0.1, 0.15) is 0 Å². The Balaban J connectivity index is 1.87. The van der Waals surface area contributed by atoms with Gasteiger partial charge in [0.15, 0.2) is 0 Å². The molecule has 106 valence electrons. The summed E-state index contributed by atoms with van der Waals surface area (Å²) in [5, 5.41) is 3.68. The number of ether oxygens (including phenoxy) is 1. The molecule has 2 rings (SSSR count). The van der Waals surface area contributed by atoms with E-state index in [4.69, 9.17) is 4.74 Å². The lowest BCUT2D eigenvalue weighted by Gasteiger charge is -2.41. The molecular formula is C15H30N2O. The van der Waals surface area contributed by atoms with Crippen molar-refractivity contribution >= 4 is 0 Å². The summed E-state index contributed by atoms with van der Waals surface area (Å²) in [5.74, 6) is 0. The van der Waals surface area contributed by atoms with Crippen molar-refractivity contribution in [3.8, 4) is 0 Å². The molecule has 0 bridgehead atoms. The standard InChI is InChI=1S/C15H30N2O/c1-3-6-14-7-4-5-10-17(14)15(12-18-2)11-16-13-8-9-13/h13-16H,3-12H2,1-2H3. The number of nitrogens with zero attached hydrogens (tertiary/aromatic N) is 1. The van der Waals surface area contributed by atoms with Crippen molar-refractivity contribution in [3.63, 3.8) is 0 Å². The van der Waals surface area contributed by atoms with E-state index in [1.165, 1.54) is 51.5 Å². The molecule has 1 heterocycles. The van der Waals surface area contributed by atoms with Gasteiger partial charge < -0.3 is 10.1 Å². The van der Waals surface area contributed by atoms with E-state index in [1.807, 2.05) is 7.11 Å². The number of rotatable bonds is 8. The van der Waals surface area contributed by atoms with E-state index in [0.717, 1.165) is 25.2 Å². The number of piperidine rings is 1. The average molecular weight is 254 g/mol. The lowest BCUT2D eigenvalue weighted by Crippen LogP contribution is -2.52. The molecular weight excluding hydrogens is 224 g/mol. The van der Waals surface area contributed by atoms with Crippen molar-refractivity contribution < 1.29 is 4.74 Å². The summed E-state index contributed by atoms with van der Waals surface area (Å²) in [7, 11) is 1.84. The molecule has 0 aromatic carbocycles. The quantitative estimate of drug-likeness (QED) is 0.720. The molecule has 0 aromatic heterocycles. The number of nitrogens with one attached hydrogen (secondary N) is 1. The molecule has 3 nitrogen and oxygen atoms in total. The Hall–Kier alpha value is -0.120. The van der Waals surface area contributed by atoms with Crippen LogP contribution in [0.1, 0.15) is 51.9 Å². The largest absolute Gasteiger partial charge is 0.383 e. The number of likely N-dealkylation sites (tertiary alicyclic amines) is 1. The smallest absolute Gasteiger partial charge is 0.0630 e. The second kappa shape index (κ2) is 7.46. The van der Waals surface area contributed by atoms with Gasteiger partial charge in [-0.3, -0.25) is 4.90 Å². The van der Waals surface area contributed by atoms with Crippen LogP contribution < -0.4 is 5.32 Å². The number of methoxy groups -OCH3 is 1. The van der Waals surface area contributed by atoms with Gasteiger partial charge in [-0.1, -0.05) is 19.8 Å². The fourth-order valence-electron chi connectivity index (χ4n) is 3.20. The Kier molecular flexibility index (Phi) is 5.93. The van der Waals surface area contributed by atoms with Crippen LogP contribution in [0, 0.1) is 0 Å². The predicted molar refractivity (Wildman–Crippen MR) is 75.9 cm³/mol. The van der Waals surface area contributed by atoms with Gasteiger partial charge in [-0.15, -0.1) is 0 Å². The molecule has 2 atom stereocenters. The second-order valence-corrected chi connectivity index (χ2v) is 5.97. The molecule has 3 heteroatoms. The van der Waals surface area contributed by atoms with Crippen LogP contribution in [-0.4, -0.2) is 49.8 Å². The highest BCUT2D eigenvalue weighted by Crippen LogP contribution is 2.24. The van der Waals surface area contributed by atoms with E-state index in [2.05, 4.69) is 17.1 Å². The van der Waals surface area contributed by atoms with Crippen molar-refractivity contribution in [1.29, 1.82) is 0 Å². The summed E-state index contributed by atoms with van der Waals surface area (Å²) >= 11 is 0. The summed E-state index contributed by atoms with van der Waals surface area (Å²) < 4.78 is 5.45. The van der Waals surface area contributed by atoms with Gasteiger partial charge in [0, 0.05) is 31.8 Å². The first-order valence-electron chi connectivity index (χ1n) is 7.83. The van der Waals surface area contributed by atoms with Crippen LogP contribution in [-0.2, 0) is 4.74 Å². The first-order valence-corrected chi connectivity index (χ1v) is 7.83. The minimum atomic E-state index is 0.576. The van der Waals surface area contributed by atoms with Crippen LogP contribution in [0.3, 0.4) is 0 Å². The van der Waals surface area contributed by atoms with Crippen LogP contribution in [0.25, 0.3) is 0 Å². The maximum absolute atomic E-state index is 5.45. The normalized spacial score (nSPS) is 27.3. The SMILES string of the molecule is CCCC1CCCCN1C(CNC1CC1)COC. The monoisotopic (exact) mass is 254 g/mol. The molecule has 0 aromatic rings. The minimum absolute atomic E-state index is 0.576. The molecule has 0 radical (unpaired) electrons. The first kappa shape index (κ1) is 14.3. The molecule has 0 amide bonds. The Labute approximate surface area is 112 Å². The van der Waals surface area contributed by atoms with Gasteiger partial charge in [-0.2, -0.15) is 0 Å². The first-order chi connectivity index (χ1) is 8.85. The highest BCUT2D eigenvalue weighted by molar-refractivity contribution is 4.87. The van der Waals surface area contributed by atoms with Crippen LogP contribution >= 0.6 is 0 Å². The van der Waals surface area contributed by atoms with Crippen molar-refractivity contribution in [3.05, 3.63) is 0 Å². The molecule has 1 aliphatic carbocycles. The lowest BCUT2D eigenvalue weighted by atomic mass is 9.96. The van der Waals surface area contributed by atoms with Crippen molar-refractivity contribution in [2.75, 3.05) is 26.8 Å². The maximum Gasteiger partial charge on any atom is 0.0630 e. The fourth-order valence-corrected chi connectivity index (χ4v) is 3.20. The fraction of sp³-hybridized carbons (Fsp3) is 1.00. The number of hydrogen-bond donors (Lipinski definition) is 1. The molecule has 2 unspecified atom stereocenters. The number of hydrogen-bond acceptors (Lipinski definition) is 3. The Morgan fingerprint density at radius 2 is 2.11 bits per heavy atom. The van der Waals surface area contributed by atoms with Gasteiger partial charge in [-0.05, 0) is 38.6 Å². The van der Waals surface area contributed by atoms with E-state index in [9.17, 15) is 0 Å². The van der Waals surface area contributed by atoms with E-state index >= 15 is 0 Å². The van der Waals surface area contributed by atoms with E-state index in [-0.39, 0.29) is 0 Å². The minimum Gasteiger partial charge on any atom is -0.383 e. The Morgan fingerprint density at radius 1 is 1.28 bits per heavy atom. The van der Waals surface area contributed by atoms with E-state index in [0.29, 0.717) is 6.04 Å². The maximum atomic E-state index is 5.45. The third-order valence-electron chi connectivity index (χ3n) is 4.34. The van der Waals surface area contributed by atoms with Gasteiger partial charge in [0.25, 0.3) is 0 Å². The van der Waals surface area contributed by atoms with Crippen LogP contribution in [0.2, 0.25) is 0 Å². The van der Waals surface area contributed by atoms with E-state index in [1.54, 1.807) is 0 Å². The third-order valence-corrected chi connectivity index (χ3v) is 4.34. The zero-order chi connectivity index (χ0) is 12.8. The molecule has 0 spiro atoms. The van der Waals surface area contributed by atoms with E-state index < -0.39 is 0 Å². The summed E-state index contributed by atoms with van der Waals surface area (Å²) in [4.78, 5) is 2.73. The third kappa shape index (κ3) is 4.22. The zero-order valence-electron chi connectivity index (χ0n) is 12.2. The molecule has 2 fully saturated rings. The van der Waals surface area contributed by atoms with Gasteiger partial charge in [0.2, 0.25) is 0 Å². The molecule has 1 aliphatic heterocycles. The lowest BCUT2D eigenvalue weighted by molar-refractivity contribution is 0.0367. The van der Waals surface area contributed by atoms with Crippen LogP contribution in [0.5, 0.6) is 0 Å². The molecule has 1 N–H and O–H groups in total. The zero-order valence-corrected chi connectivity index (χ0v) is 12.2. The van der Waals surface area contributed by atoms with Crippen LogP contribution in [0.15, 0.2) is 0 Å². The van der Waals surface area contributed by atoms with Crippen molar-refractivity contribution in [2.45, 2.75) is 70.0 Å². The average Bonchev–Trinajstić information content (AvgIpc) is 3.20. The van der Waals surface area contributed by atoms with Gasteiger partial charge in [-0.25, -0.2) is 0 Å². The molecule has 2 aliphatic rings. The molecule has 1 saturated carbocycles. The second-order valence-electron chi connectivity index (χ2n) is 5.97.